The normalized spacial score (nSPS) is 19.0. The lowest BCUT2D eigenvalue weighted by Gasteiger charge is -2.39. The van der Waals surface area contributed by atoms with Gasteiger partial charge in [0.2, 0.25) is 5.91 Å². The van der Waals surface area contributed by atoms with E-state index in [9.17, 15) is 28.8 Å². The number of rotatable bonds is 13. The van der Waals surface area contributed by atoms with Crippen molar-refractivity contribution in [1.82, 2.24) is 30.3 Å². The van der Waals surface area contributed by atoms with Gasteiger partial charge in [0, 0.05) is 76.5 Å². The summed E-state index contributed by atoms with van der Waals surface area (Å²) in [6, 6.07) is 20.0. The van der Waals surface area contributed by atoms with Gasteiger partial charge in [0.15, 0.2) is 0 Å². The Kier molecular flexibility index (Phi) is 17.6. The van der Waals surface area contributed by atoms with Crippen LogP contribution in [0, 0.1) is 5.92 Å². The highest BCUT2D eigenvalue weighted by atomic mass is 16.6. The third kappa shape index (κ3) is 15.8. The number of aromatic nitrogens is 1. The molecular weight excluding hydrogens is 879 g/mol. The molecule has 68 heavy (non-hydrogen) atoms. The predicted octanol–water partition coefficient (Wildman–Crippen LogP) is 6.26. The molecular formula is C49H65N7O12. The van der Waals surface area contributed by atoms with Crippen molar-refractivity contribution in [3.05, 3.63) is 95.2 Å². The van der Waals surface area contributed by atoms with Gasteiger partial charge in [0.25, 0.3) is 5.91 Å². The van der Waals surface area contributed by atoms with E-state index in [1.165, 1.54) is 4.90 Å². The summed E-state index contributed by atoms with van der Waals surface area (Å²) in [5, 5.41) is 8.24. The monoisotopic (exact) mass is 943 g/mol. The Morgan fingerprint density at radius 1 is 0.691 bits per heavy atom. The van der Waals surface area contributed by atoms with Crippen LogP contribution >= 0.6 is 0 Å². The molecule has 6 rings (SSSR count). The van der Waals surface area contributed by atoms with E-state index in [0.29, 0.717) is 56.8 Å². The Morgan fingerprint density at radius 2 is 1.34 bits per heavy atom. The summed E-state index contributed by atoms with van der Waals surface area (Å²) < 4.78 is 34.9. The Hall–Kier alpha value is -6.47. The molecule has 3 N–H and O–H groups in total. The molecule has 0 aliphatic carbocycles. The lowest BCUT2D eigenvalue weighted by molar-refractivity contribution is -0.178. The average molecular weight is 944 g/mol. The van der Waals surface area contributed by atoms with Crippen molar-refractivity contribution in [2.75, 3.05) is 57.8 Å². The number of ether oxygens (including phenoxy) is 6. The van der Waals surface area contributed by atoms with E-state index in [0.717, 1.165) is 16.7 Å². The number of alkyl carbamates (subject to hydrolysis) is 1. The largest absolute Gasteiger partial charge is 0.447 e. The molecule has 0 bridgehead atoms. The fourth-order valence-electron chi connectivity index (χ4n) is 7.78. The van der Waals surface area contributed by atoms with Gasteiger partial charge in [-0.3, -0.25) is 14.9 Å². The molecule has 368 valence electrons. The van der Waals surface area contributed by atoms with Gasteiger partial charge in [-0.1, -0.05) is 48.5 Å². The highest BCUT2D eigenvalue weighted by Gasteiger charge is 2.40. The second-order valence-electron chi connectivity index (χ2n) is 19.0. The number of amides is 6. The number of benzene rings is 2. The van der Waals surface area contributed by atoms with Crippen LogP contribution in [0.1, 0.15) is 87.9 Å². The number of carbonyl (C=O) groups is 6. The van der Waals surface area contributed by atoms with E-state index in [1.54, 1.807) is 87.9 Å². The summed E-state index contributed by atoms with van der Waals surface area (Å²) in [6.45, 7) is 13.1. The zero-order valence-electron chi connectivity index (χ0n) is 39.8. The van der Waals surface area contributed by atoms with Crippen LogP contribution in [0.5, 0.6) is 0 Å². The van der Waals surface area contributed by atoms with Crippen LogP contribution < -0.4 is 16.0 Å². The van der Waals surface area contributed by atoms with Gasteiger partial charge in [0.05, 0.1) is 13.2 Å². The fraction of sp³-hybridized carbons (Fsp3) is 0.531. The second kappa shape index (κ2) is 23.5. The number of nitrogens with zero attached hydrogens (tertiary/aromatic N) is 4. The Morgan fingerprint density at radius 3 is 2.01 bits per heavy atom. The van der Waals surface area contributed by atoms with Crippen molar-refractivity contribution >= 4 is 42.0 Å². The van der Waals surface area contributed by atoms with Crippen molar-refractivity contribution in [3.63, 3.8) is 0 Å². The van der Waals surface area contributed by atoms with E-state index >= 15 is 0 Å². The highest BCUT2D eigenvalue weighted by Crippen LogP contribution is 2.26. The first-order valence-electron chi connectivity index (χ1n) is 23.1. The number of likely N-dealkylation sites (tertiary alicyclic amines) is 1. The van der Waals surface area contributed by atoms with Crippen molar-refractivity contribution in [2.24, 2.45) is 5.92 Å². The van der Waals surface area contributed by atoms with E-state index < -0.39 is 53.9 Å². The zero-order chi connectivity index (χ0) is 48.8. The molecule has 2 aromatic carbocycles. The van der Waals surface area contributed by atoms with Crippen molar-refractivity contribution in [3.8, 4) is 0 Å². The lowest BCUT2D eigenvalue weighted by Crippen LogP contribution is -2.53. The fourth-order valence-corrected chi connectivity index (χ4v) is 7.78. The summed E-state index contributed by atoms with van der Waals surface area (Å²) in [5.41, 5.74) is 1.59. The molecule has 0 saturated carbocycles. The van der Waals surface area contributed by atoms with E-state index in [1.807, 2.05) is 36.4 Å². The highest BCUT2D eigenvalue weighted by molar-refractivity contribution is 5.94. The van der Waals surface area contributed by atoms with Crippen LogP contribution in [0.3, 0.4) is 0 Å². The number of carbonyl (C=O) groups excluding carboxylic acids is 6. The number of anilines is 1. The quantitative estimate of drug-likeness (QED) is 0.162. The number of pyridine rings is 1. The standard InChI is InChI=1S/C49H65N7O12/c1-48(2,3)67-44(59)52-28-34-13-10-14-37(27-34)43(58)54-22-24-56(25-23-54)46(61)65-32-39-41(64-31-33-11-8-7-9-12-33)38(19-26-63-39)66-47(62)55-20-17-36(18-21-55)42(57)51-30-35-15-16-40(50-29-35)53-45(60)68-49(4,5)6/h7-16,27,29,36,38-39,41H,17-26,28,30-32H2,1-6H3,(H,51,57)(H,52,59)(H,50,53,60)/t38-,39-,41+/m1/s1. The Bertz CT molecular complexity index is 2180. The summed E-state index contributed by atoms with van der Waals surface area (Å²) >= 11 is 0. The molecule has 3 saturated heterocycles. The van der Waals surface area contributed by atoms with E-state index in [-0.39, 0.29) is 63.7 Å². The number of piperazine rings is 1. The zero-order valence-corrected chi connectivity index (χ0v) is 39.8. The maximum atomic E-state index is 13.6. The first-order valence-corrected chi connectivity index (χ1v) is 23.1. The summed E-state index contributed by atoms with van der Waals surface area (Å²) in [7, 11) is 0. The molecule has 3 atom stereocenters. The molecule has 3 fully saturated rings. The van der Waals surface area contributed by atoms with Gasteiger partial charge in [-0.25, -0.2) is 24.2 Å². The molecule has 6 amide bonds. The summed E-state index contributed by atoms with van der Waals surface area (Å²) in [5.74, 6) is -0.292. The van der Waals surface area contributed by atoms with Crippen molar-refractivity contribution in [1.29, 1.82) is 0 Å². The van der Waals surface area contributed by atoms with Crippen LogP contribution in [-0.4, -0.2) is 138 Å². The molecule has 0 unspecified atom stereocenters. The molecule has 3 aliphatic rings. The molecule has 4 heterocycles. The van der Waals surface area contributed by atoms with Crippen LogP contribution in [0.2, 0.25) is 0 Å². The van der Waals surface area contributed by atoms with Crippen LogP contribution in [0.15, 0.2) is 72.9 Å². The first-order chi connectivity index (χ1) is 32.4. The minimum absolute atomic E-state index is 0.131. The smallest absolute Gasteiger partial charge is 0.413 e. The van der Waals surface area contributed by atoms with Gasteiger partial charge in [-0.2, -0.15) is 0 Å². The molecule has 0 radical (unpaired) electrons. The van der Waals surface area contributed by atoms with E-state index in [2.05, 4.69) is 20.9 Å². The maximum absolute atomic E-state index is 13.6. The molecule has 1 aromatic heterocycles. The predicted molar refractivity (Wildman–Crippen MR) is 248 cm³/mol. The minimum Gasteiger partial charge on any atom is -0.447 e. The maximum Gasteiger partial charge on any atom is 0.413 e. The van der Waals surface area contributed by atoms with Gasteiger partial charge in [-0.05, 0) is 89.3 Å². The van der Waals surface area contributed by atoms with Gasteiger partial charge >= 0.3 is 24.4 Å². The molecule has 0 spiro atoms. The lowest BCUT2D eigenvalue weighted by atomic mass is 9.96. The molecule has 19 nitrogen and oxygen atoms in total. The molecule has 3 aromatic rings. The molecule has 19 heteroatoms. The number of hydrogen-bond acceptors (Lipinski definition) is 13. The topological polar surface area (TPSA) is 216 Å². The van der Waals surface area contributed by atoms with Crippen LogP contribution in [0.25, 0.3) is 0 Å². The Balaban J connectivity index is 0.957. The van der Waals surface area contributed by atoms with Crippen LogP contribution in [0.4, 0.5) is 25.0 Å². The molecule has 3 aliphatic heterocycles. The Labute approximate surface area is 397 Å². The van der Waals surface area contributed by atoms with Gasteiger partial charge in [0.1, 0.15) is 41.9 Å². The van der Waals surface area contributed by atoms with Crippen molar-refractivity contribution < 1.29 is 57.2 Å². The number of piperidine rings is 1. The summed E-state index contributed by atoms with van der Waals surface area (Å²) in [6.07, 6.45) is -1.62. The van der Waals surface area contributed by atoms with Gasteiger partial charge in [-0.15, -0.1) is 0 Å². The third-order valence-electron chi connectivity index (χ3n) is 11.3. The van der Waals surface area contributed by atoms with E-state index in [4.69, 9.17) is 28.4 Å². The van der Waals surface area contributed by atoms with Crippen LogP contribution in [-0.2, 0) is 52.9 Å². The summed E-state index contributed by atoms with van der Waals surface area (Å²) in [4.78, 5) is 86.8. The number of nitrogens with one attached hydrogen (secondary N) is 3. The first kappa shape index (κ1) is 50.9. The SMILES string of the molecule is CC(C)(C)OC(=O)NCc1cccc(C(=O)N2CCN(C(=O)OC[C@H]3OCC[C@@H](OC(=O)N4CCC(C(=O)NCc5ccc(NC(=O)OC(C)(C)C)nc5)CC4)[C@@H]3OCc3ccccc3)CC2)c1. The van der Waals surface area contributed by atoms with Crippen molar-refractivity contribution in [2.45, 2.75) is 110 Å². The number of hydrogen-bond donors (Lipinski definition) is 3. The average Bonchev–Trinajstić information content (AvgIpc) is 3.31. The third-order valence-corrected chi connectivity index (χ3v) is 11.3. The second-order valence-corrected chi connectivity index (χ2v) is 19.0. The van der Waals surface area contributed by atoms with Gasteiger partial charge < -0.3 is 53.8 Å². The minimum atomic E-state index is -0.759.